The molecule has 1 atom stereocenters. The number of thioether (sulfide) groups is 1. The van der Waals surface area contributed by atoms with Crippen LogP contribution in [-0.2, 0) is 4.79 Å². The molecule has 1 aliphatic rings. The molecule has 112 valence electrons. The van der Waals surface area contributed by atoms with Crippen molar-refractivity contribution in [1.29, 1.82) is 0 Å². The molecule has 1 unspecified atom stereocenters. The summed E-state index contributed by atoms with van der Waals surface area (Å²) in [5.74, 6) is 2.11. The molecule has 0 spiro atoms. The van der Waals surface area contributed by atoms with Crippen LogP contribution in [0.15, 0.2) is 0 Å². The van der Waals surface area contributed by atoms with Crippen LogP contribution in [0.25, 0.3) is 0 Å². The molecule has 1 amide bonds. The molecule has 0 saturated heterocycles. The highest BCUT2D eigenvalue weighted by Crippen LogP contribution is 2.17. The van der Waals surface area contributed by atoms with Crippen LogP contribution in [0.1, 0.15) is 45.4 Å². The predicted molar refractivity (Wildman–Crippen MR) is 81.5 cm³/mol. The van der Waals surface area contributed by atoms with Gasteiger partial charge in [0.15, 0.2) is 0 Å². The van der Waals surface area contributed by atoms with E-state index in [2.05, 4.69) is 10.6 Å². The third-order valence-corrected chi connectivity index (χ3v) is 4.56. The Hall–Kier alpha value is -0.260. The molecule has 0 radical (unpaired) electrons. The summed E-state index contributed by atoms with van der Waals surface area (Å²) in [5.41, 5.74) is 0. The Balaban J connectivity index is 2.04. The van der Waals surface area contributed by atoms with Crippen LogP contribution in [0.4, 0.5) is 0 Å². The first-order valence-electron chi connectivity index (χ1n) is 7.46. The molecule has 0 aliphatic heterocycles. The molecule has 4 nitrogen and oxygen atoms in total. The van der Waals surface area contributed by atoms with E-state index in [0.717, 1.165) is 37.3 Å². The summed E-state index contributed by atoms with van der Waals surface area (Å²) >= 11 is 1.81. The van der Waals surface area contributed by atoms with Crippen molar-refractivity contribution >= 4 is 17.7 Å². The fraction of sp³-hybridized carbons (Fsp3) is 0.929. The molecule has 19 heavy (non-hydrogen) atoms. The van der Waals surface area contributed by atoms with Crippen molar-refractivity contribution in [3.63, 3.8) is 0 Å². The number of aliphatic hydroxyl groups excluding tert-OH is 1. The SMILES string of the molecule is CC(NCCSCCCO)C(=O)NC1CCCCC1. The fourth-order valence-corrected chi connectivity index (χ4v) is 3.08. The van der Waals surface area contributed by atoms with Gasteiger partial charge in [-0.25, -0.2) is 0 Å². The zero-order valence-electron chi connectivity index (χ0n) is 12.0. The van der Waals surface area contributed by atoms with Gasteiger partial charge in [0.2, 0.25) is 5.91 Å². The first kappa shape index (κ1) is 16.8. The van der Waals surface area contributed by atoms with E-state index in [1.54, 1.807) is 0 Å². The Kier molecular flexibility index (Phi) is 9.30. The highest BCUT2D eigenvalue weighted by molar-refractivity contribution is 7.99. The molecule has 1 rings (SSSR count). The van der Waals surface area contributed by atoms with Gasteiger partial charge in [-0.1, -0.05) is 19.3 Å². The van der Waals surface area contributed by atoms with Crippen molar-refractivity contribution in [1.82, 2.24) is 10.6 Å². The Labute approximate surface area is 121 Å². The summed E-state index contributed by atoms with van der Waals surface area (Å²) in [4.78, 5) is 12.0. The second-order valence-electron chi connectivity index (χ2n) is 5.21. The largest absolute Gasteiger partial charge is 0.396 e. The third kappa shape index (κ3) is 7.80. The lowest BCUT2D eigenvalue weighted by molar-refractivity contribution is -0.123. The quantitative estimate of drug-likeness (QED) is 0.563. The molecular formula is C14H28N2O2S. The van der Waals surface area contributed by atoms with Crippen LogP contribution in [0.2, 0.25) is 0 Å². The van der Waals surface area contributed by atoms with Crippen LogP contribution < -0.4 is 10.6 Å². The Morgan fingerprint density at radius 2 is 2.05 bits per heavy atom. The normalized spacial score (nSPS) is 18.2. The lowest BCUT2D eigenvalue weighted by Crippen LogP contribution is -2.47. The first-order chi connectivity index (χ1) is 9.24. The third-order valence-electron chi connectivity index (χ3n) is 3.49. The predicted octanol–water partition coefficient (Wildman–Crippen LogP) is 1.53. The van der Waals surface area contributed by atoms with Crippen LogP contribution in [-0.4, -0.2) is 47.8 Å². The van der Waals surface area contributed by atoms with E-state index in [-0.39, 0.29) is 18.6 Å². The number of hydrogen-bond acceptors (Lipinski definition) is 4. The average Bonchev–Trinajstić information content (AvgIpc) is 2.43. The maximum absolute atomic E-state index is 12.0. The van der Waals surface area contributed by atoms with E-state index < -0.39 is 0 Å². The maximum atomic E-state index is 12.0. The molecule has 0 aromatic carbocycles. The van der Waals surface area contributed by atoms with Gasteiger partial charge >= 0.3 is 0 Å². The number of rotatable bonds is 9. The Morgan fingerprint density at radius 1 is 1.32 bits per heavy atom. The Morgan fingerprint density at radius 3 is 2.74 bits per heavy atom. The van der Waals surface area contributed by atoms with Gasteiger partial charge in [0.05, 0.1) is 6.04 Å². The molecule has 1 aliphatic carbocycles. The van der Waals surface area contributed by atoms with Crippen molar-refractivity contribution in [3.05, 3.63) is 0 Å². The molecule has 0 heterocycles. The lowest BCUT2D eigenvalue weighted by Gasteiger charge is -2.24. The van der Waals surface area contributed by atoms with Crippen molar-refractivity contribution in [2.75, 3.05) is 24.7 Å². The summed E-state index contributed by atoms with van der Waals surface area (Å²) < 4.78 is 0. The topological polar surface area (TPSA) is 61.4 Å². The van der Waals surface area contributed by atoms with Crippen molar-refractivity contribution in [2.24, 2.45) is 0 Å². The average molecular weight is 288 g/mol. The summed E-state index contributed by atoms with van der Waals surface area (Å²) in [6.07, 6.45) is 6.92. The fourth-order valence-electron chi connectivity index (χ4n) is 2.28. The van der Waals surface area contributed by atoms with Gasteiger partial charge in [-0.05, 0) is 31.9 Å². The molecule has 1 saturated carbocycles. The summed E-state index contributed by atoms with van der Waals surface area (Å²) in [5, 5.41) is 15.0. The number of carbonyl (C=O) groups excluding carboxylic acids is 1. The van der Waals surface area contributed by atoms with Gasteiger partial charge in [-0.3, -0.25) is 4.79 Å². The highest BCUT2D eigenvalue weighted by Gasteiger charge is 2.18. The van der Waals surface area contributed by atoms with Crippen LogP contribution in [0.5, 0.6) is 0 Å². The van der Waals surface area contributed by atoms with Gasteiger partial charge < -0.3 is 15.7 Å². The lowest BCUT2D eigenvalue weighted by atomic mass is 9.95. The van der Waals surface area contributed by atoms with Gasteiger partial charge in [0.25, 0.3) is 0 Å². The second-order valence-corrected chi connectivity index (χ2v) is 6.43. The highest BCUT2D eigenvalue weighted by atomic mass is 32.2. The van der Waals surface area contributed by atoms with Crippen molar-refractivity contribution < 1.29 is 9.90 Å². The molecule has 1 fully saturated rings. The zero-order valence-corrected chi connectivity index (χ0v) is 12.8. The number of hydrogen-bond donors (Lipinski definition) is 3. The van der Waals surface area contributed by atoms with E-state index in [4.69, 9.17) is 5.11 Å². The summed E-state index contributed by atoms with van der Waals surface area (Å²) in [6, 6.07) is 0.282. The zero-order chi connectivity index (χ0) is 13.9. The van der Waals surface area contributed by atoms with Crippen molar-refractivity contribution in [3.8, 4) is 0 Å². The van der Waals surface area contributed by atoms with Crippen LogP contribution in [0.3, 0.4) is 0 Å². The van der Waals surface area contributed by atoms with E-state index in [1.165, 1.54) is 19.3 Å². The molecule has 5 heteroatoms. The number of aliphatic hydroxyl groups is 1. The molecular weight excluding hydrogens is 260 g/mol. The molecule has 0 aromatic heterocycles. The van der Waals surface area contributed by atoms with Gasteiger partial charge in [0, 0.05) is 24.9 Å². The van der Waals surface area contributed by atoms with Gasteiger partial charge in [-0.2, -0.15) is 11.8 Å². The molecule has 0 bridgehead atoms. The first-order valence-corrected chi connectivity index (χ1v) is 8.62. The standard InChI is InChI=1S/C14H28N2O2S/c1-12(15-8-11-19-10-5-9-17)14(18)16-13-6-3-2-4-7-13/h12-13,15,17H,2-11H2,1H3,(H,16,18). The monoisotopic (exact) mass is 288 g/mol. The van der Waals surface area contributed by atoms with Crippen LogP contribution in [0, 0.1) is 0 Å². The van der Waals surface area contributed by atoms with E-state index in [9.17, 15) is 4.79 Å². The van der Waals surface area contributed by atoms with Crippen molar-refractivity contribution in [2.45, 2.75) is 57.5 Å². The second kappa shape index (κ2) is 10.5. The smallest absolute Gasteiger partial charge is 0.237 e. The number of amides is 1. The Bertz CT molecular complexity index is 246. The number of nitrogens with one attached hydrogen (secondary N) is 2. The van der Waals surface area contributed by atoms with Crippen LogP contribution >= 0.6 is 11.8 Å². The minimum absolute atomic E-state index is 0.111. The number of carbonyl (C=O) groups is 1. The van der Waals surface area contributed by atoms with E-state index in [0.29, 0.717) is 6.04 Å². The van der Waals surface area contributed by atoms with Gasteiger partial charge in [0.1, 0.15) is 0 Å². The summed E-state index contributed by atoms with van der Waals surface area (Å²) in [6.45, 7) is 3.03. The minimum atomic E-state index is -0.111. The molecule has 3 N–H and O–H groups in total. The summed E-state index contributed by atoms with van der Waals surface area (Å²) in [7, 11) is 0. The minimum Gasteiger partial charge on any atom is -0.396 e. The van der Waals surface area contributed by atoms with E-state index >= 15 is 0 Å². The van der Waals surface area contributed by atoms with E-state index in [1.807, 2.05) is 18.7 Å². The maximum Gasteiger partial charge on any atom is 0.237 e. The molecule has 0 aromatic rings. The van der Waals surface area contributed by atoms with Gasteiger partial charge in [-0.15, -0.1) is 0 Å².